The lowest BCUT2D eigenvalue weighted by atomic mass is 10.1. The molecule has 2 aromatic rings. The first-order valence-electron chi connectivity index (χ1n) is 5.01. The summed E-state index contributed by atoms with van der Waals surface area (Å²) in [5.41, 5.74) is 1.24. The topological polar surface area (TPSA) is 36.7 Å². The Morgan fingerprint density at radius 1 is 1.24 bits per heavy atom. The van der Waals surface area contributed by atoms with Gasteiger partial charge in [-0.3, -0.25) is 4.98 Å². The van der Waals surface area contributed by atoms with Crippen molar-refractivity contribution in [2.24, 2.45) is 0 Å². The largest absolute Gasteiger partial charge is 0.265 e. The van der Waals surface area contributed by atoms with Crippen molar-refractivity contribution < 1.29 is 4.39 Å². The van der Waals surface area contributed by atoms with E-state index in [9.17, 15) is 4.39 Å². The molecule has 0 saturated heterocycles. The Morgan fingerprint density at radius 2 is 2.00 bits per heavy atom. The molecule has 0 aliphatic heterocycles. The number of benzene rings is 1. The predicted molar refractivity (Wildman–Crippen MR) is 64.9 cm³/mol. The van der Waals surface area contributed by atoms with E-state index in [0.29, 0.717) is 11.3 Å². The van der Waals surface area contributed by atoms with Gasteiger partial charge in [0.05, 0.1) is 11.6 Å². The molecule has 0 amide bonds. The van der Waals surface area contributed by atoms with Gasteiger partial charge in [0.15, 0.2) is 0 Å². The molecule has 1 aromatic heterocycles. The molecule has 0 N–H and O–H groups in total. The molecule has 0 radical (unpaired) electrons. The van der Waals surface area contributed by atoms with E-state index in [4.69, 9.17) is 5.26 Å². The third kappa shape index (κ3) is 3.05. The van der Waals surface area contributed by atoms with Gasteiger partial charge in [-0.2, -0.15) is 5.26 Å². The van der Waals surface area contributed by atoms with Crippen LogP contribution in [0.5, 0.6) is 0 Å². The highest BCUT2D eigenvalue weighted by Gasteiger charge is 2.04. The summed E-state index contributed by atoms with van der Waals surface area (Å²) in [5, 5.41) is 8.90. The molecule has 0 bridgehead atoms. The molecular weight excluding hydrogens is 235 g/mol. The first kappa shape index (κ1) is 11.6. The molecule has 0 atom stereocenters. The Kier molecular flexibility index (Phi) is 3.73. The first-order valence-corrected chi connectivity index (χ1v) is 5.99. The molecule has 0 aliphatic carbocycles. The average Bonchev–Trinajstić information content (AvgIpc) is 2.38. The zero-order valence-corrected chi connectivity index (χ0v) is 9.75. The molecule has 0 spiro atoms. The maximum absolute atomic E-state index is 12.9. The lowest BCUT2D eigenvalue weighted by Gasteiger charge is -2.03. The molecule has 4 heteroatoms. The number of pyridine rings is 1. The number of thioether (sulfide) groups is 1. The monoisotopic (exact) mass is 244 g/mol. The molecule has 1 heterocycles. The first-order chi connectivity index (χ1) is 8.29. The zero-order valence-electron chi connectivity index (χ0n) is 8.93. The van der Waals surface area contributed by atoms with E-state index in [2.05, 4.69) is 4.98 Å². The second kappa shape index (κ2) is 5.46. The Balaban J connectivity index is 2.12. The zero-order chi connectivity index (χ0) is 12.1. The van der Waals surface area contributed by atoms with Crippen molar-refractivity contribution in [2.45, 2.75) is 10.6 Å². The summed E-state index contributed by atoms with van der Waals surface area (Å²) in [4.78, 5) is 5.01. The van der Waals surface area contributed by atoms with Crippen LogP contribution in [0.3, 0.4) is 0 Å². The summed E-state index contributed by atoms with van der Waals surface area (Å²) in [6.07, 6.45) is 3.44. The van der Waals surface area contributed by atoms with Crippen molar-refractivity contribution in [3.8, 4) is 6.07 Å². The highest BCUT2D eigenvalue weighted by atomic mass is 32.2. The van der Waals surface area contributed by atoms with Crippen molar-refractivity contribution in [3.05, 3.63) is 59.7 Å². The maximum atomic E-state index is 12.9. The molecule has 0 aliphatic rings. The molecule has 1 aromatic carbocycles. The van der Waals surface area contributed by atoms with E-state index in [-0.39, 0.29) is 5.82 Å². The van der Waals surface area contributed by atoms with Crippen LogP contribution in [0, 0.1) is 17.1 Å². The van der Waals surface area contributed by atoms with Crippen molar-refractivity contribution in [1.29, 1.82) is 5.26 Å². The highest BCUT2D eigenvalue weighted by molar-refractivity contribution is 7.98. The molecule has 2 rings (SSSR count). The number of halogens is 1. The van der Waals surface area contributed by atoms with Gasteiger partial charge in [-0.15, -0.1) is 11.8 Å². The van der Waals surface area contributed by atoms with Crippen molar-refractivity contribution >= 4 is 11.8 Å². The van der Waals surface area contributed by atoms with Crippen molar-refractivity contribution in [3.63, 3.8) is 0 Å². The van der Waals surface area contributed by atoms with Crippen molar-refractivity contribution in [2.75, 3.05) is 0 Å². The third-order valence-corrected chi connectivity index (χ3v) is 3.30. The minimum Gasteiger partial charge on any atom is -0.265 e. The van der Waals surface area contributed by atoms with Crippen LogP contribution in [0.2, 0.25) is 0 Å². The Hall–Kier alpha value is -1.86. The number of nitrogens with zero attached hydrogens (tertiary/aromatic N) is 2. The fourth-order valence-corrected chi connectivity index (χ4v) is 2.26. The van der Waals surface area contributed by atoms with Gasteiger partial charge >= 0.3 is 0 Å². The summed E-state index contributed by atoms with van der Waals surface area (Å²) in [6, 6.07) is 10.1. The number of aromatic nitrogens is 1. The Labute approximate surface area is 103 Å². The molecule has 84 valence electrons. The minimum atomic E-state index is -0.376. The summed E-state index contributed by atoms with van der Waals surface area (Å²) in [6.45, 7) is 0. The van der Waals surface area contributed by atoms with Crippen molar-refractivity contribution in [1.82, 2.24) is 4.98 Å². The average molecular weight is 244 g/mol. The van der Waals surface area contributed by atoms with Gasteiger partial charge in [-0.25, -0.2) is 4.39 Å². The number of hydrogen-bond donors (Lipinski definition) is 0. The molecule has 17 heavy (non-hydrogen) atoms. The lowest BCUT2D eigenvalue weighted by Crippen LogP contribution is -1.89. The minimum absolute atomic E-state index is 0.376. The van der Waals surface area contributed by atoms with Gasteiger partial charge in [0.1, 0.15) is 5.82 Å². The van der Waals surface area contributed by atoms with E-state index in [0.717, 1.165) is 10.5 Å². The van der Waals surface area contributed by atoms with Crippen LogP contribution < -0.4 is 0 Å². The molecule has 2 nitrogen and oxygen atoms in total. The van der Waals surface area contributed by atoms with Crippen LogP contribution in [0.15, 0.2) is 47.6 Å². The molecule has 0 fully saturated rings. The van der Waals surface area contributed by atoms with E-state index in [1.807, 2.05) is 18.2 Å². The standard InChI is InChI=1S/C13H9FN2S/c14-12-2-1-10(11(7-12)8-15)9-17-13-3-5-16-6-4-13/h1-7H,9H2. The van der Waals surface area contributed by atoms with E-state index in [1.54, 1.807) is 30.2 Å². The Bertz CT molecular complexity index is 549. The highest BCUT2D eigenvalue weighted by Crippen LogP contribution is 2.23. The third-order valence-electron chi connectivity index (χ3n) is 2.24. The number of nitriles is 1. The summed E-state index contributed by atoms with van der Waals surface area (Å²) in [7, 11) is 0. The van der Waals surface area contributed by atoms with Crippen LogP contribution in [0.25, 0.3) is 0 Å². The van der Waals surface area contributed by atoms with Gasteiger partial charge in [0.2, 0.25) is 0 Å². The van der Waals surface area contributed by atoms with Gasteiger partial charge in [-0.1, -0.05) is 6.07 Å². The Morgan fingerprint density at radius 3 is 2.71 bits per heavy atom. The smallest absolute Gasteiger partial charge is 0.124 e. The van der Waals surface area contributed by atoms with E-state index >= 15 is 0 Å². The quantitative estimate of drug-likeness (QED) is 0.776. The molecule has 0 unspecified atom stereocenters. The van der Waals surface area contributed by atoms with Crippen LogP contribution >= 0.6 is 11.8 Å². The summed E-state index contributed by atoms with van der Waals surface area (Å²) in [5.74, 6) is 0.270. The fourth-order valence-electron chi connectivity index (χ4n) is 1.37. The second-order valence-electron chi connectivity index (χ2n) is 3.38. The summed E-state index contributed by atoms with van der Waals surface area (Å²) >= 11 is 1.60. The normalized spacial score (nSPS) is 9.88. The number of rotatable bonds is 3. The lowest BCUT2D eigenvalue weighted by molar-refractivity contribution is 0.627. The van der Waals surface area contributed by atoms with Gasteiger partial charge in [0, 0.05) is 23.0 Å². The van der Waals surface area contributed by atoms with Crippen LogP contribution in [-0.4, -0.2) is 4.98 Å². The molecular formula is C13H9FN2S. The van der Waals surface area contributed by atoms with Crippen LogP contribution in [0.4, 0.5) is 4.39 Å². The van der Waals surface area contributed by atoms with Crippen LogP contribution in [0.1, 0.15) is 11.1 Å². The van der Waals surface area contributed by atoms with Gasteiger partial charge in [0.25, 0.3) is 0 Å². The van der Waals surface area contributed by atoms with Gasteiger partial charge in [-0.05, 0) is 29.8 Å². The van der Waals surface area contributed by atoms with E-state index < -0.39 is 0 Å². The van der Waals surface area contributed by atoms with Crippen LogP contribution in [-0.2, 0) is 5.75 Å². The fraction of sp³-hybridized carbons (Fsp3) is 0.0769. The maximum Gasteiger partial charge on any atom is 0.124 e. The van der Waals surface area contributed by atoms with Gasteiger partial charge < -0.3 is 0 Å². The predicted octanol–water partition coefficient (Wildman–Crippen LogP) is 3.38. The SMILES string of the molecule is N#Cc1cc(F)ccc1CSc1ccncc1. The summed E-state index contributed by atoms with van der Waals surface area (Å²) < 4.78 is 12.9. The van der Waals surface area contributed by atoms with E-state index in [1.165, 1.54) is 12.1 Å². The number of hydrogen-bond acceptors (Lipinski definition) is 3. The molecule has 0 saturated carbocycles. The second-order valence-corrected chi connectivity index (χ2v) is 4.43.